The molecule has 0 saturated heterocycles. The summed E-state index contributed by atoms with van der Waals surface area (Å²) in [5, 5.41) is 18.6. The maximum atomic E-state index is 10.8. The van der Waals surface area contributed by atoms with Gasteiger partial charge in [0.15, 0.2) is 9.37 Å². The second-order valence-electron chi connectivity index (χ2n) is 2.54. The molecule has 82 valence electrons. The van der Waals surface area contributed by atoms with Crippen LogP contribution in [0.2, 0.25) is 0 Å². The van der Waals surface area contributed by atoms with E-state index in [2.05, 4.69) is 31.1 Å². The fourth-order valence-electron chi connectivity index (χ4n) is 0.916. The number of pyridine rings is 1. The van der Waals surface area contributed by atoms with Gasteiger partial charge in [-0.1, -0.05) is 11.3 Å². The minimum absolute atomic E-state index is 0.0467. The summed E-state index contributed by atoms with van der Waals surface area (Å²) in [6.07, 6.45) is 1.51. The number of aromatic nitrogens is 3. The Bertz CT molecular complexity index is 519. The van der Waals surface area contributed by atoms with Crippen molar-refractivity contribution in [3.05, 3.63) is 32.4 Å². The first-order valence-corrected chi connectivity index (χ1v) is 6.39. The van der Waals surface area contributed by atoms with Crippen LogP contribution in [0.15, 0.2) is 31.6 Å². The summed E-state index contributed by atoms with van der Waals surface area (Å²) in [5.41, 5.74) is 1.52. The molecular formula is C7H3BrN4O2S2. The number of hydrogen-bond donors (Lipinski definition) is 0. The Kier molecular flexibility index (Phi) is 3.46. The molecule has 16 heavy (non-hydrogen) atoms. The maximum absolute atomic E-state index is 10.8. The SMILES string of the molecule is O=[N+]([O-])c1cc(Br)cnc1Sc1nncs1. The first-order chi connectivity index (χ1) is 7.66. The predicted molar refractivity (Wildman–Crippen MR) is 62.6 cm³/mol. The second-order valence-corrected chi connectivity index (χ2v) is 5.53. The number of nitrogens with zero attached hydrogens (tertiary/aromatic N) is 4. The minimum Gasteiger partial charge on any atom is -0.258 e. The standard InChI is InChI=1S/C7H3BrN4O2S2/c8-4-1-5(12(13)14)6(9-2-4)16-7-11-10-3-15-7/h1-3H. The van der Waals surface area contributed by atoms with E-state index in [1.807, 2.05) is 0 Å². The first-order valence-electron chi connectivity index (χ1n) is 3.91. The molecule has 9 heteroatoms. The summed E-state index contributed by atoms with van der Waals surface area (Å²) in [5.74, 6) is 0. The Morgan fingerprint density at radius 2 is 2.38 bits per heavy atom. The number of rotatable bonds is 3. The summed E-state index contributed by atoms with van der Waals surface area (Å²) in [6.45, 7) is 0. The van der Waals surface area contributed by atoms with E-state index < -0.39 is 4.92 Å². The van der Waals surface area contributed by atoms with Crippen LogP contribution in [0.5, 0.6) is 0 Å². The van der Waals surface area contributed by atoms with Gasteiger partial charge in [0.2, 0.25) is 0 Å². The molecule has 0 aliphatic carbocycles. The van der Waals surface area contributed by atoms with Crippen LogP contribution >= 0.6 is 39.0 Å². The summed E-state index contributed by atoms with van der Waals surface area (Å²) >= 11 is 5.58. The number of nitro groups is 1. The monoisotopic (exact) mass is 318 g/mol. The van der Waals surface area contributed by atoms with Crippen LogP contribution in [0.1, 0.15) is 0 Å². The van der Waals surface area contributed by atoms with Gasteiger partial charge in [-0.05, 0) is 27.7 Å². The van der Waals surface area contributed by atoms with Crippen LogP contribution in [-0.4, -0.2) is 20.1 Å². The largest absolute Gasteiger partial charge is 0.302 e. The lowest BCUT2D eigenvalue weighted by atomic mass is 10.4. The molecule has 0 spiro atoms. The molecule has 0 saturated carbocycles. The van der Waals surface area contributed by atoms with Gasteiger partial charge in [0.05, 0.1) is 4.92 Å². The zero-order chi connectivity index (χ0) is 11.5. The molecular weight excluding hydrogens is 316 g/mol. The molecule has 0 radical (unpaired) electrons. The second kappa shape index (κ2) is 4.85. The van der Waals surface area contributed by atoms with Crippen LogP contribution in [0.4, 0.5) is 5.69 Å². The quantitative estimate of drug-likeness (QED) is 0.639. The van der Waals surface area contributed by atoms with Crippen molar-refractivity contribution in [1.82, 2.24) is 15.2 Å². The summed E-state index contributed by atoms with van der Waals surface area (Å²) in [4.78, 5) is 14.3. The van der Waals surface area contributed by atoms with Crippen molar-refractivity contribution in [1.29, 1.82) is 0 Å². The Morgan fingerprint density at radius 3 is 3.00 bits per heavy atom. The van der Waals surface area contributed by atoms with Gasteiger partial charge in [0.1, 0.15) is 5.51 Å². The highest BCUT2D eigenvalue weighted by Crippen LogP contribution is 2.34. The van der Waals surface area contributed by atoms with Crippen LogP contribution in [0.3, 0.4) is 0 Å². The lowest BCUT2D eigenvalue weighted by molar-refractivity contribution is -0.388. The molecule has 0 atom stereocenters. The van der Waals surface area contributed by atoms with E-state index in [1.165, 1.54) is 23.6 Å². The average molecular weight is 319 g/mol. The van der Waals surface area contributed by atoms with Crippen molar-refractivity contribution in [3.63, 3.8) is 0 Å². The van der Waals surface area contributed by atoms with E-state index in [9.17, 15) is 10.1 Å². The van der Waals surface area contributed by atoms with Gasteiger partial charge < -0.3 is 0 Å². The molecule has 6 nitrogen and oxygen atoms in total. The zero-order valence-corrected chi connectivity index (χ0v) is 10.8. The lowest BCUT2D eigenvalue weighted by Gasteiger charge is -1.98. The average Bonchev–Trinajstić information content (AvgIpc) is 2.73. The van der Waals surface area contributed by atoms with Crippen molar-refractivity contribution < 1.29 is 4.92 Å². The molecule has 2 aromatic rings. The molecule has 0 aliphatic heterocycles. The topological polar surface area (TPSA) is 81.8 Å². The van der Waals surface area contributed by atoms with Gasteiger partial charge >= 0.3 is 5.69 Å². The van der Waals surface area contributed by atoms with Crippen LogP contribution in [-0.2, 0) is 0 Å². The molecule has 0 N–H and O–H groups in total. The highest BCUT2D eigenvalue weighted by molar-refractivity contribution is 9.10. The fraction of sp³-hybridized carbons (Fsp3) is 0. The van der Waals surface area contributed by atoms with E-state index in [1.54, 1.807) is 5.51 Å². The number of hydrogen-bond acceptors (Lipinski definition) is 7. The van der Waals surface area contributed by atoms with E-state index >= 15 is 0 Å². The third-order valence-electron chi connectivity index (χ3n) is 1.52. The lowest BCUT2D eigenvalue weighted by Crippen LogP contribution is -1.93. The van der Waals surface area contributed by atoms with Gasteiger partial charge in [0, 0.05) is 16.7 Å². The van der Waals surface area contributed by atoms with Crippen molar-refractivity contribution in [3.8, 4) is 0 Å². The molecule has 2 rings (SSSR count). The highest BCUT2D eigenvalue weighted by atomic mass is 79.9. The maximum Gasteiger partial charge on any atom is 0.302 e. The normalized spacial score (nSPS) is 10.3. The molecule has 0 aromatic carbocycles. The molecule has 2 heterocycles. The van der Waals surface area contributed by atoms with Crippen LogP contribution in [0.25, 0.3) is 0 Å². The molecule has 0 bridgehead atoms. The van der Waals surface area contributed by atoms with Gasteiger partial charge in [-0.3, -0.25) is 10.1 Å². The van der Waals surface area contributed by atoms with E-state index in [0.717, 1.165) is 11.8 Å². The van der Waals surface area contributed by atoms with Crippen molar-refractivity contribution in [2.45, 2.75) is 9.37 Å². The Hall–Kier alpha value is -1.06. The van der Waals surface area contributed by atoms with Crippen molar-refractivity contribution in [2.75, 3.05) is 0 Å². The van der Waals surface area contributed by atoms with Gasteiger partial charge in [-0.25, -0.2) is 4.98 Å². The van der Waals surface area contributed by atoms with Crippen molar-refractivity contribution >= 4 is 44.7 Å². The smallest absolute Gasteiger partial charge is 0.258 e. The van der Waals surface area contributed by atoms with Crippen molar-refractivity contribution in [2.24, 2.45) is 0 Å². The van der Waals surface area contributed by atoms with Gasteiger partial charge in [-0.2, -0.15) is 0 Å². The molecule has 0 aliphatic rings. The Labute approximate surface area is 106 Å². The van der Waals surface area contributed by atoms with E-state index in [4.69, 9.17) is 0 Å². The third-order valence-corrected chi connectivity index (χ3v) is 3.74. The summed E-state index contributed by atoms with van der Waals surface area (Å²) in [6, 6.07) is 1.41. The zero-order valence-electron chi connectivity index (χ0n) is 7.53. The van der Waals surface area contributed by atoms with Gasteiger partial charge in [0.25, 0.3) is 0 Å². The van der Waals surface area contributed by atoms with E-state index in [0.29, 0.717) is 13.8 Å². The first kappa shape index (κ1) is 11.4. The van der Waals surface area contributed by atoms with Crippen LogP contribution in [0, 0.1) is 10.1 Å². The molecule has 2 aromatic heterocycles. The molecule has 0 amide bonds. The highest BCUT2D eigenvalue weighted by Gasteiger charge is 2.18. The van der Waals surface area contributed by atoms with Crippen LogP contribution < -0.4 is 0 Å². The van der Waals surface area contributed by atoms with E-state index in [-0.39, 0.29) is 5.69 Å². The summed E-state index contributed by atoms with van der Waals surface area (Å²) < 4.78 is 1.19. The fourth-order valence-corrected chi connectivity index (χ4v) is 2.67. The Morgan fingerprint density at radius 1 is 1.56 bits per heavy atom. The third kappa shape index (κ3) is 2.54. The Balaban J connectivity index is 2.36. The molecule has 0 fully saturated rings. The molecule has 0 unspecified atom stereocenters. The minimum atomic E-state index is -0.471. The van der Waals surface area contributed by atoms with Gasteiger partial charge in [-0.15, -0.1) is 10.2 Å². The number of halogens is 1. The predicted octanol–water partition coefficient (Wildman–Crippen LogP) is 2.75. The summed E-state index contributed by atoms with van der Waals surface area (Å²) in [7, 11) is 0.